The van der Waals surface area contributed by atoms with Crippen molar-refractivity contribution in [3.63, 3.8) is 0 Å². The Morgan fingerprint density at radius 3 is 2.86 bits per heavy atom. The van der Waals surface area contributed by atoms with Crippen molar-refractivity contribution in [2.75, 3.05) is 6.61 Å². The van der Waals surface area contributed by atoms with E-state index in [4.69, 9.17) is 10.00 Å². The summed E-state index contributed by atoms with van der Waals surface area (Å²) in [5.74, 6) is -0.897. The molecule has 0 aliphatic heterocycles. The average molecular weight is 194 g/mol. The molecule has 1 aromatic rings. The molecule has 74 valence electrons. The number of hydrogen-bond acceptors (Lipinski definition) is 4. The predicted molar refractivity (Wildman–Crippen MR) is 47.9 cm³/mol. The van der Waals surface area contributed by atoms with Crippen LogP contribution in [0.15, 0.2) is 0 Å². The van der Waals surface area contributed by atoms with Gasteiger partial charge >= 0.3 is 5.97 Å². The van der Waals surface area contributed by atoms with Crippen molar-refractivity contribution < 1.29 is 14.6 Å². The van der Waals surface area contributed by atoms with Gasteiger partial charge in [-0.3, -0.25) is 0 Å². The molecular formula is C9H10N2O3. The zero-order valence-corrected chi connectivity index (χ0v) is 7.92. The minimum absolute atomic E-state index is 0.0686. The Balaban J connectivity index is 3.20. The molecule has 0 spiro atoms. The van der Waals surface area contributed by atoms with Gasteiger partial charge in [-0.1, -0.05) is 0 Å². The standard InChI is InChI=1S/C9H10N2O3/c1-3-14-9(13)7-5(2)11-8(12)6(7)4-10/h11-12H,3H2,1-2H3. The Kier molecular flexibility index (Phi) is 2.77. The number of rotatable bonds is 2. The van der Waals surface area contributed by atoms with Gasteiger partial charge in [0.15, 0.2) is 0 Å². The van der Waals surface area contributed by atoms with Crippen LogP contribution in [0.5, 0.6) is 5.88 Å². The van der Waals surface area contributed by atoms with E-state index in [9.17, 15) is 9.90 Å². The number of nitrogens with zero attached hydrogens (tertiary/aromatic N) is 1. The lowest BCUT2D eigenvalue weighted by atomic mass is 10.1. The third-order valence-electron chi connectivity index (χ3n) is 1.76. The van der Waals surface area contributed by atoms with Gasteiger partial charge in [0.2, 0.25) is 5.88 Å². The number of H-pyrrole nitrogens is 1. The summed E-state index contributed by atoms with van der Waals surface area (Å²) < 4.78 is 4.74. The van der Waals surface area contributed by atoms with Gasteiger partial charge in [-0.25, -0.2) is 4.79 Å². The van der Waals surface area contributed by atoms with Crippen molar-refractivity contribution in [1.29, 1.82) is 5.26 Å². The number of hydrogen-bond donors (Lipinski definition) is 2. The molecule has 0 saturated heterocycles. The molecule has 2 N–H and O–H groups in total. The van der Waals surface area contributed by atoms with E-state index in [1.165, 1.54) is 0 Å². The number of esters is 1. The quantitative estimate of drug-likeness (QED) is 0.689. The maximum absolute atomic E-state index is 11.4. The molecule has 5 heteroatoms. The average Bonchev–Trinajstić information content (AvgIpc) is 2.40. The smallest absolute Gasteiger partial charge is 0.341 e. The second-order valence-corrected chi connectivity index (χ2v) is 2.68. The van der Waals surface area contributed by atoms with Crippen LogP contribution in [0.4, 0.5) is 0 Å². The number of carbonyl (C=O) groups is 1. The van der Waals surface area contributed by atoms with Crippen molar-refractivity contribution in [3.8, 4) is 11.9 Å². The maximum atomic E-state index is 11.4. The van der Waals surface area contributed by atoms with Gasteiger partial charge in [-0.15, -0.1) is 0 Å². The molecule has 14 heavy (non-hydrogen) atoms. The number of aryl methyl sites for hydroxylation is 1. The Hall–Kier alpha value is -1.96. The number of ether oxygens (including phenoxy) is 1. The lowest BCUT2D eigenvalue weighted by Gasteiger charge is -2.00. The molecular weight excluding hydrogens is 184 g/mol. The predicted octanol–water partition coefficient (Wildman–Crippen LogP) is 1.08. The van der Waals surface area contributed by atoms with Crippen LogP contribution in [0.1, 0.15) is 28.5 Å². The molecule has 0 bridgehead atoms. The number of aromatic nitrogens is 1. The number of nitrogens with one attached hydrogen (secondary N) is 1. The van der Waals surface area contributed by atoms with E-state index in [0.29, 0.717) is 5.69 Å². The van der Waals surface area contributed by atoms with Crippen molar-refractivity contribution in [1.82, 2.24) is 4.98 Å². The fraction of sp³-hybridized carbons (Fsp3) is 0.333. The first-order valence-electron chi connectivity index (χ1n) is 4.10. The van der Waals surface area contributed by atoms with E-state index in [1.54, 1.807) is 19.9 Å². The van der Waals surface area contributed by atoms with Crippen LogP contribution in [-0.4, -0.2) is 22.7 Å². The van der Waals surface area contributed by atoms with Gasteiger partial charge in [-0.2, -0.15) is 5.26 Å². The summed E-state index contributed by atoms with van der Waals surface area (Å²) in [5, 5.41) is 17.9. The Morgan fingerprint density at radius 2 is 2.36 bits per heavy atom. The van der Waals surface area contributed by atoms with E-state index in [0.717, 1.165) is 0 Å². The van der Waals surface area contributed by atoms with Crippen LogP contribution in [0.25, 0.3) is 0 Å². The molecule has 0 unspecified atom stereocenters. The number of aromatic amines is 1. The SMILES string of the molecule is CCOC(=O)c1c(C)[nH]c(O)c1C#N. The van der Waals surface area contributed by atoms with Gasteiger partial charge in [0.1, 0.15) is 17.2 Å². The third kappa shape index (κ3) is 1.55. The zero-order chi connectivity index (χ0) is 10.7. The minimum Gasteiger partial charge on any atom is -0.494 e. The van der Waals surface area contributed by atoms with Crippen molar-refractivity contribution in [3.05, 3.63) is 16.8 Å². The van der Waals surface area contributed by atoms with Crippen LogP contribution < -0.4 is 0 Å². The molecule has 0 aromatic carbocycles. The highest BCUT2D eigenvalue weighted by molar-refractivity contribution is 5.94. The summed E-state index contributed by atoms with van der Waals surface area (Å²) in [6, 6.07) is 1.74. The van der Waals surface area contributed by atoms with E-state index >= 15 is 0 Å². The second kappa shape index (κ2) is 3.83. The molecule has 0 amide bonds. The fourth-order valence-electron chi connectivity index (χ4n) is 1.18. The van der Waals surface area contributed by atoms with Gasteiger partial charge in [0.25, 0.3) is 0 Å². The Labute approximate surface area is 80.9 Å². The molecule has 0 radical (unpaired) electrons. The fourth-order valence-corrected chi connectivity index (χ4v) is 1.18. The highest BCUT2D eigenvalue weighted by atomic mass is 16.5. The monoisotopic (exact) mass is 194 g/mol. The third-order valence-corrected chi connectivity index (χ3v) is 1.76. The van der Waals surface area contributed by atoms with Crippen LogP contribution in [-0.2, 0) is 4.74 Å². The summed E-state index contributed by atoms with van der Waals surface area (Å²) in [6.07, 6.45) is 0. The molecule has 1 rings (SSSR count). The zero-order valence-electron chi connectivity index (χ0n) is 7.92. The van der Waals surface area contributed by atoms with Crippen LogP contribution in [0, 0.1) is 18.3 Å². The lowest BCUT2D eigenvalue weighted by molar-refractivity contribution is 0.0525. The second-order valence-electron chi connectivity index (χ2n) is 2.68. The summed E-state index contributed by atoms with van der Waals surface area (Å²) in [6.45, 7) is 3.49. The van der Waals surface area contributed by atoms with E-state index in [2.05, 4.69) is 4.98 Å². The Morgan fingerprint density at radius 1 is 1.71 bits per heavy atom. The first-order valence-corrected chi connectivity index (χ1v) is 4.10. The Bertz CT molecular complexity index is 401. The summed E-state index contributed by atoms with van der Waals surface area (Å²) in [7, 11) is 0. The van der Waals surface area contributed by atoms with Crippen molar-refractivity contribution in [2.45, 2.75) is 13.8 Å². The van der Waals surface area contributed by atoms with Crippen molar-refractivity contribution in [2.24, 2.45) is 0 Å². The molecule has 5 nitrogen and oxygen atoms in total. The summed E-state index contributed by atoms with van der Waals surface area (Å²) in [4.78, 5) is 13.9. The number of nitriles is 1. The maximum Gasteiger partial charge on any atom is 0.341 e. The summed E-state index contributed by atoms with van der Waals surface area (Å²) in [5.41, 5.74) is 0.463. The molecule has 1 heterocycles. The number of aromatic hydroxyl groups is 1. The van der Waals surface area contributed by atoms with Gasteiger partial charge in [0.05, 0.1) is 6.61 Å². The van der Waals surface area contributed by atoms with Crippen LogP contribution >= 0.6 is 0 Å². The first-order chi connectivity index (χ1) is 6.61. The molecule has 0 aliphatic carbocycles. The summed E-state index contributed by atoms with van der Waals surface area (Å²) >= 11 is 0. The van der Waals surface area contributed by atoms with Gasteiger partial charge in [-0.05, 0) is 13.8 Å². The van der Waals surface area contributed by atoms with E-state index in [1.807, 2.05) is 0 Å². The first kappa shape index (κ1) is 10.1. The van der Waals surface area contributed by atoms with Crippen LogP contribution in [0.3, 0.4) is 0 Å². The van der Waals surface area contributed by atoms with E-state index in [-0.39, 0.29) is 23.6 Å². The highest BCUT2D eigenvalue weighted by Gasteiger charge is 2.21. The molecule has 0 fully saturated rings. The minimum atomic E-state index is -0.599. The molecule has 0 aliphatic rings. The highest BCUT2D eigenvalue weighted by Crippen LogP contribution is 2.23. The van der Waals surface area contributed by atoms with Crippen LogP contribution in [0.2, 0.25) is 0 Å². The normalized spacial score (nSPS) is 9.50. The lowest BCUT2D eigenvalue weighted by Crippen LogP contribution is -2.06. The van der Waals surface area contributed by atoms with Crippen molar-refractivity contribution >= 4 is 5.97 Å². The number of carbonyl (C=O) groups excluding carboxylic acids is 1. The molecule has 1 aromatic heterocycles. The van der Waals surface area contributed by atoms with Gasteiger partial charge in [0, 0.05) is 5.69 Å². The molecule has 0 atom stereocenters. The topological polar surface area (TPSA) is 86.1 Å². The van der Waals surface area contributed by atoms with Gasteiger partial charge < -0.3 is 14.8 Å². The van der Waals surface area contributed by atoms with E-state index < -0.39 is 5.97 Å². The largest absolute Gasteiger partial charge is 0.494 e. The molecule has 0 saturated carbocycles.